The molecule has 3 N–H and O–H groups in total. The molecule has 1 aliphatic heterocycles. The van der Waals surface area contributed by atoms with Gasteiger partial charge in [-0.25, -0.2) is 0 Å². The molecule has 3 nitrogen and oxygen atoms in total. The highest BCUT2D eigenvalue weighted by molar-refractivity contribution is 7.80. The van der Waals surface area contributed by atoms with Crippen LogP contribution >= 0.6 is 12.6 Å². The summed E-state index contributed by atoms with van der Waals surface area (Å²) in [5, 5.41) is 11.0. The molecule has 2 aromatic carbocycles. The SMILES string of the molecule is CCCCCCCCNC1CNC(c2ccc(-c3ccc(S)cc3)cc2)NC1. The standard InChI is InChI=1S/C24H35N3S/c1-2-3-4-5-6-7-16-25-22-17-26-24(27-18-22)21-10-8-19(9-11-21)20-12-14-23(28)15-13-20/h8-15,22,24-28H,2-7,16-18H2,1H3. The van der Waals surface area contributed by atoms with E-state index in [-0.39, 0.29) is 6.17 Å². The van der Waals surface area contributed by atoms with E-state index in [0.717, 1.165) is 24.5 Å². The smallest absolute Gasteiger partial charge is 0.0836 e. The number of benzene rings is 2. The van der Waals surface area contributed by atoms with Gasteiger partial charge in [-0.2, -0.15) is 0 Å². The van der Waals surface area contributed by atoms with Gasteiger partial charge in [0.05, 0.1) is 6.17 Å². The molecule has 0 spiro atoms. The van der Waals surface area contributed by atoms with E-state index in [0.29, 0.717) is 6.04 Å². The summed E-state index contributed by atoms with van der Waals surface area (Å²) in [6.07, 6.45) is 8.36. The third-order valence-electron chi connectivity index (χ3n) is 5.54. The molecule has 28 heavy (non-hydrogen) atoms. The van der Waals surface area contributed by atoms with Gasteiger partial charge in [-0.1, -0.05) is 75.4 Å². The number of thiol groups is 1. The molecule has 2 aromatic rings. The molecule has 0 aliphatic carbocycles. The van der Waals surface area contributed by atoms with Gasteiger partial charge in [-0.05, 0) is 41.8 Å². The third kappa shape index (κ3) is 6.63. The van der Waals surface area contributed by atoms with Crippen molar-refractivity contribution in [2.24, 2.45) is 0 Å². The summed E-state index contributed by atoms with van der Waals surface area (Å²) >= 11 is 4.36. The van der Waals surface area contributed by atoms with Crippen LogP contribution in [-0.4, -0.2) is 25.7 Å². The van der Waals surface area contributed by atoms with E-state index in [4.69, 9.17) is 0 Å². The number of rotatable bonds is 10. The van der Waals surface area contributed by atoms with Gasteiger partial charge in [-0.3, -0.25) is 10.6 Å². The van der Waals surface area contributed by atoms with Gasteiger partial charge in [-0.15, -0.1) is 12.6 Å². The van der Waals surface area contributed by atoms with Crippen molar-refractivity contribution in [3.63, 3.8) is 0 Å². The van der Waals surface area contributed by atoms with E-state index in [1.54, 1.807) is 0 Å². The summed E-state index contributed by atoms with van der Waals surface area (Å²) in [4.78, 5) is 0.996. The van der Waals surface area contributed by atoms with Crippen LogP contribution in [0.1, 0.15) is 57.2 Å². The first kappa shape index (κ1) is 21.4. The van der Waals surface area contributed by atoms with Crippen molar-refractivity contribution >= 4 is 12.6 Å². The van der Waals surface area contributed by atoms with Crippen LogP contribution in [0.4, 0.5) is 0 Å². The molecule has 0 unspecified atom stereocenters. The van der Waals surface area contributed by atoms with Crippen LogP contribution in [0.5, 0.6) is 0 Å². The Labute approximate surface area is 176 Å². The Morgan fingerprint density at radius 2 is 1.39 bits per heavy atom. The molecule has 1 aliphatic rings. The van der Waals surface area contributed by atoms with Crippen LogP contribution in [0.25, 0.3) is 11.1 Å². The molecule has 1 fully saturated rings. The number of hydrogen-bond donors (Lipinski definition) is 4. The fourth-order valence-corrected chi connectivity index (χ4v) is 3.93. The van der Waals surface area contributed by atoms with Gasteiger partial charge in [0.2, 0.25) is 0 Å². The van der Waals surface area contributed by atoms with Crippen molar-refractivity contribution in [2.75, 3.05) is 19.6 Å². The molecule has 0 radical (unpaired) electrons. The van der Waals surface area contributed by atoms with Gasteiger partial charge in [0.25, 0.3) is 0 Å². The first-order chi connectivity index (χ1) is 13.8. The highest BCUT2D eigenvalue weighted by Gasteiger charge is 2.20. The summed E-state index contributed by atoms with van der Waals surface area (Å²) in [5.74, 6) is 0. The lowest BCUT2D eigenvalue weighted by Crippen LogP contribution is -2.55. The fraction of sp³-hybridized carbons (Fsp3) is 0.500. The van der Waals surface area contributed by atoms with Crippen molar-refractivity contribution in [2.45, 2.75) is 62.6 Å². The summed E-state index contributed by atoms with van der Waals surface area (Å²) in [5.41, 5.74) is 3.77. The minimum absolute atomic E-state index is 0.237. The van der Waals surface area contributed by atoms with Gasteiger partial charge < -0.3 is 5.32 Å². The molecule has 0 aromatic heterocycles. The zero-order chi connectivity index (χ0) is 19.6. The zero-order valence-corrected chi connectivity index (χ0v) is 18.0. The largest absolute Gasteiger partial charge is 0.311 e. The molecule has 0 atom stereocenters. The van der Waals surface area contributed by atoms with Gasteiger partial charge >= 0.3 is 0 Å². The quantitative estimate of drug-likeness (QED) is 0.331. The average molecular weight is 398 g/mol. The van der Waals surface area contributed by atoms with Crippen molar-refractivity contribution in [3.8, 4) is 11.1 Å². The first-order valence-corrected chi connectivity index (χ1v) is 11.3. The Hall–Kier alpha value is -1.33. The second kappa shape index (κ2) is 11.6. The molecule has 3 rings (SSSR count). The monoisotopic (exact) mass is 397 g/mol. The second-order valence-corrected chi connectivity index (χ2v) is 8.35. The van der Waals surface area contributed by atoms with E-state index < -0.39 is 0 Å². The topological polar surface area (TPSA) is 36.1 Å². The fourth-order valence-electron chi connectivity index (χ4n) is 3.78. The molecule has 0 amide bonds. The van der Waals surface area contributed by atoms with E-state index >= 15 is 0 Å². The van der Waals surface area contributed by atoms with Gasteiger partial charge in [0, 0.05) is 24.0 Å². The Balaban J connectivity index is 1.38. The van der Waals surface area contributed by atoms with Crippen LogP contribution in [-0.2, 0) is 0 Å². The minimum Gasteiger partial charge on any atom is -0.311 e. The number of hydrogen-bond acceptors (Lipinski definition) is 4. The normalized spacial score (nSPS) is 19.6. The van der Waals surface area contributed by atoms with Crippen molar-refractivity contribution in [3.05, 3.63) is 54.1 Å². The molecule has 152 valence electrons. The Bertz CT molecular complexity index is 676. The maximum Gasteiger partial charge on any atom is 0.0836 e. The number of nitrogens with one attached hydrogen (secondary N) is 3. The van der Waals surface area contributed by atoms with Crippen molar-refractivity contribution in [1.82, 2.24) is 16.0 Å². The lowest BCUT2D eigenvalue weighted by Gasteiger charge is -2.32. The lowest BCUT2D eigenvalue weighted by molar-refractivity contribution is 0.312. The van der Waals surface area contributed by atoms with Crippen LogP contribution in [0, 0.1) is 0 Å². The summed E-state index contributed by atoms with van der Waals surface area (Å²) < 4.78 is 0. The summed E-state index contributed by atoms with van der Waals surface area (Å²) in [7, 11) is 0. The molecule has 0 bridgehead atoms. The highest BCUT2D eigenvalue weighted by atomic mass is 32.1. The molecular formula is C24H35N3S. The van der Waals surface area contributed by atoms with Gasteiger partial charge in [0.15, 0.2) is 0 Å². The summed E-state index contributed by atoms with van der Waals surface area (Å²) in [6, 6.07) is 17.7. The van der Waals surface area contributed by atoms with E-state index in [1.165, 1.54) is 55.2 Å². The van der Waals surface area contributed by atoms with Crippen molar-refractivity contribution < 1.29 is 0 Å². The van der Waals surface area contributed by atoms with E-state index in [1.807, 2.05) is 12.1 Å². The molecule has 0 saturated carbocycles. The minimum atomic E-state index is 0.237. The Kier molecular flexibility index (Phi) is 8.87. The van der Waals surface area contributed by atoms with E-state index in [2.05, 4.69) is 71.9 Å². The van der Waals surface area contributed by atoms with Crippen LogP contribution < -0.4 is 16.0 Å². The third-order valence-corrected chi connectivity index (χ3v) is 5.84. The molecule has 1 heterocycles. The molecular weight excluding hydrogens is 362 g/mol. The van der Waals surface area contributed by atoms with Crippen LogP contribution in [0.3, 0.4) is 0 Å². The number of unbranched alkanes of at least 4 members (excludes halogenated alkanes) is 5. The van der Waals surface area contributed by atoms with Gasteiger partial charge in [0.1, 0.15) is 0 Å². The average Bonchev–Trinajstić information content (AvgIpc) is 2.74. The highest BCUT2D eigenvalue weighted by Crippen LogP contribution is 2.23. The van der Waals surface area contributed by atoms with Crippen LogP contribution in [0.15, 0.2) is 53.4 Å². The van der Waals surface area contributed by atoms with Crippen molar-refractivity contribution in [1.29, 1.82) is 0 Å². The Morgan fingerprint density at radius 1 is 0.821 bits per heavy atom. The first-order valence-electron chi connectivity index (χ1n) is 10.9. The molecule has 1 saturated heterocycles. The van der Waals surface area contributed by atoms with Crippen LogP contribution in [0.2, 0.25) is 0 Å². The summed E-state index contributed by atoms with van der Waals surface area (Å²) in [6.45, 7) is 5.43. The maximum atomic E-state index is 4.36. The maximum absolute atomic E-state index is 4.36. The lowest BCUT2D eigenvalue weighted by atomic mass is 10.0. The Morgan fingerprint density at radius 3 is 2.04 bits per heavy atom. The zero-order valence-electron chi connectivity index (χ0n) is 17.1. The predicted molar refractivity (Wildman–Crippen MR) is 123 cm³/mol. The second-order valence-electron chi connectivity index (χ2n) is 7.84. The molecule has 4 heteroatoms. The van der Waals surface area contributed by atoms with E-state index in [9.17, 15) is 0 Å². The predicted octanol–water partition coefficient (Wildman–Crippen LogP) is 5.15.